The Morgan fingerprint density at radius 2 is 1.67 bits per heavy atom. The molecular weight excluding hydrogens is 215 g/mol. The molecule has 0 aliphatic heterocycles. The Hall–Kier alpha value is -0.981. The third kappa shape index (κ3) is 1.09. The monoisotopic (exact) mass is 223 g/mol. The molecule has 0 aromatic heterocycles. The molecule has 0 saturated carbocycles. The van der Waals surface area contributed by atoms with Crippen LogP contribution < -0.4 is 4.46 Å². The summed E-state index contributed by atoms with van der Waals surface area (Å²) in [5.74, 6) is 0.335. The zero-order chi connectivity index (χ0) is 8.55. The van der Waals surface area contributed by atoms with Crippen molar-refractivity contribution < 1.29 is 5.11 Å². The molecule has 2 aromatic rings. The van der Waals surface area contributed by atoms with Crippen LogP contribution in [0.3, 0.4) is 0 Å². The van der Waals surface area contributed by atoms with E-state index in [2.05, 4.69) is 16.0 Å². The second-order valence-corrected chi connectivity index (χ2v) is 3.55. The van der Waals surface area contributed by atoms with Crippen molar-refractivity contribution in [3.05, 3.63) is 36.4 Å². The van der Waals surface area contributed by atoms with E-state index < -0.39 is 0 Å². The van der Waals surface area contributed by atoms with Gasteiger partial charge in [-0.1, -0.05) is 0 Å². The van der Waals surface area contributed by atoms with Crippen LogP contribution in [0.4, 0.5) is 0 Å². The number of hydrogen-bond acceptors (Lipinski definition) is 1. The van der Waals surface area contributed by atoms with Gasteiger partial charge in [-0.2, -0.15) is 0 Å². The van der Waals surface area contributed by atoms with Gasteiger partial charge < -0.3 is 0 Å². The van der Waals surface area contributed by atoms with Crippen molar-refractivity contribution in [1.82, 2.24) is 0 Å². The Labute approximate surface area is 78.8 Å². The van der Waals surface area contributed by atoms with E-state index in [9.17, 15) is 5.11 Å². The molecule has 2 aromatic carbocycles. The Balaban J connectivity index is 2.96. The van der Waals surface area contributed by atoms with Crippen molar-refractivity contribution in [2.24, 2.45) is 0 Å². The zero-order valence-electron chi connectivity index (χ0n) is 6.32. The minimum atomic E-state index is 0.335. The molecule has 2 rings (SSSR count). The quantitative estimate of drug-likeness (QED) is 0.667. The average molecular weight is 222 g/mol. The summed E-state index contributed by atoms with van der Waals surface area (Å²) in [6.07, 6.45) is 0. The van der Waals surface area contributed by atoms with Crippen molar-refractivity contribution in [3.8, 4) is 5.75 Å². The fourth-order valence-corrected chi connectivity index (χ4v) is 1.92. The standard InChI is InChI=1S/C10H7OSe/c11-8-5-1-3-7-4-2-6-9(12)10(7)8/h1-6,11H. The van der Waals surface area contributed by atoms with Gasteiger partial charge in [-0.15, -0.1) is 0 Å². The number of fused-ring (bicyclic) bond motifs is 1. The van der Waals surface area contributed by atoms with E-state index in [1.165, 1.54) is 0 Å². The van der Waals surface area contributed by atoms with Gasteiger partial charge in [-0.05, 0) is 0 Å². The molecule has 1 radical (unpaired) electrons. The van der Waals surface area contributed by atoms with Crippen LogP contribution in [0.2, 0.25) is 0 Å². The van der Waals surface area contributed by atoms with Crippen molar-refractivity contribution in [3.63, 3.8) is 0 Å². The van der Waals surface area contributed by atoms with Crippen LogP contribution in [0.5, 0.6) is 5.75 Å². The molecule has 0 heterocycles. The van der Waals surface area contributed by atoms with E-state index >= 15 is 0 Å². The normalized spacial score (nSPS) is 10.3. The van der Waals surface area contributed by atoms with Crippen molar-refractivity contribution in [2.45, 2.75) is 0 Å². The summed E-state index contributed by atoms with van der Waals surface area (Å²) in [7, 11) is 0. The summed E-state index contributed by atoms with van der Waals surface area (Å²) in [5.41, 5.74) is 0. The van der Waals surface area contributed by atoms with Gasteiger partial charge in [0.1, 0.15) is 0 Å². The van der Waals surface area contributed by atoms with Gasteiger partial charge in [0.25, 0.3) is 0 Å². The molecule has 0 aliphatic rings. The average Bonchev–Trinajstić information content (AvgIpc) is 2.04. The SMILES string of the molecule is Oc1cccc2cccc([Se])c12. The number of hydrogen-bond donors (Lipinski definition) is 1. The molecule has 0 saturated heterocycles. The van der Waals surface area contributed by atoms with Crippen LogP contribution in [-0.2, 0) is 0 Å². The Morgan fingerprint density at radius 3 is 2.33 bits per heavy atom. The third-order valence-corrected chi connectivity index (χ3v) is 2.56. The van der Waals surface area contributed by atoms with E-state index in [1.807, 2.05) is 30.3 Å². The Kier molecular flexibility index (Phi) is 1.80. The van der Waals surface area contributed by atoms with E-state index in [-0.39, 0.29) is 0 Å². The molecule has 2 heteroatoms. The molecule has 0 spiro atoms. The maximum absolute atomic E-state index is 9.53. The van der Waals surface area contributed by atoms with Crippen molar-refractivity contribution in [2.75, 3.05) is 0 Å². The Morgan fingerprint density at radius 1 is 1.00 bits per heavy atom. The van der Waals surface area contributed by atoms with Crippen molar-refractivity contribution in [1.29, 1.82) is 0 Å². The predicted octanol–water partition coefficient (Wildman–Crippen LogP) is 1.34. The van der Waals surface area contributed by atoms with Gasteiger partial charge >= 0.3 is 78.5 Å². The molecule has 12 heavy (non-hydrogen) atoms. The molecule has 1 N–H and O–H groups in total. The van der Waals surface area contributed by atoms with E-state index in [1.54, 1.807) is 6.07 Å². The second-order valence-electron chi connectivity index (χ2n) is 2.63. The van der Waals surface area contributed by atoms with Gasteiger partial charge in [0.15, 0.2) is 0 Å². The molecule has 0 bridgehead atoms. The summed E-state index contributed by atoms with van der Waals surface area (Å²) in [6, 6.07) is 11.4. The summed E-state index contributed by atoms with van der Waals surface area (Å²) >= 11 is 2.93. The zero-order valence-corrected chi connectivity index (χ0v) is 8.03. The summed E-state index contributed by atoms with van der Waals surface area (Å²) in [6.45, 7) is 0. The van der Waals surface area contributed by atoms with Crippen LogP contribution in [0.1, 0.15) is 0 Å². The first kappa shape index (κ1) is 7.66. The molecule has 59 valence electrons. The number of rotatable bonds is 0. The fraction of sp³-hybridized carbons (Fsp3) is 0. The third-order valence-electron chi connectivity index (χ3n) is 1.84. The predicted molar refractivity (Wildman–Crippen MR) is 51.0 cm³/mol. The van der Waals surface area contributed by atoms with Gasteiger partial charge in [0, 0.05) is 0 Å². The number of phenolic OH excluding ortho intramolecular Hbond substituents is 1. The van der Waals surface area contributed by atoms with Crippen LogP contribution in [0.15, 0.2) is 36.4 Å². The summed E-state index contributed by atoms with van der Waals surface area (Å²) in [4.78, 5) is 0. The van der Waals surface area contributed by atoms with Crippen molar-refractivity contribution >= 4 is 31.2 Å². The van der Waals surface area contributed by atoms with Crippen LogP contribution in [0, 0.1) is 0 Å². The van der Waals surface area contributed by atoms with E-state index in [4.69, 9.17) is 0 Å². The van der Waals surface area contributed by atoms with Crippen LogP contribution in [0.25, 0.3) is 10.8 Å². The molecule has 0 fully saturated rings. The second kappa shape index (κ2) is 2.81. The first-order valence-corrected chi connectivity index (χ1v) is 4.52. The molecule has 0 amide bonds. The molecule has 0 atom stereocenters. The van der Waals surface area contributed by atoms with Gasteiger partial charge in [-0.25, -0.2) is 0 Å². The maximum atomic E-state index is 9.53. The first-order valence-electron chi connectivity index (χ1n) is 3.67. The topological polar surface area (TPSA) is 20.2 Å². The molecule has 1 nitrogen and oxygen atoms in total. The number of benzene rings is 2. The van der Waals surface area contributed by atoms with Gasteiger partial charge in [-0.3, -0.25) is 0 Å². The summed E-state index contributed by atoms with van der Waals surface area (Å²) in [5, 5.41) is 11.5. The minimum absolute atomic E-state index is 0.335. The van der Waals surface area contributed by atoms with Crippen LogP contribution in [-0.4, -0.2) is 21.1 Å². The van der Waals surface area contributed by atoms with Gasteiger partial charge in [0.2, 0.25) is 0 Å². The molecule has 0 unspecified atom stereocenters. The number of aromatic hydroxyl groups is 1. The van der Waals surface area contributed by atoms with E-state index in [0.717, 1.165) is 15.2 Å². The number of phenols is 1. The Bertz CT molecular complexity index is 386. The van der Waals surface area contributed by atoms with Crippen LogP contribution >= 0.6 is 0 Å². The van der Waals surface area contributed by atoms with Gasteiger partial charge in [0.05, 0.1) is 0 Å². The molecule has 0 aliphatic carbocycles. The molecular formula is C10H7OSe. The fourth-order valence-electron chi connectivity index (χ4n) is 1.29. The van der Waals surface area contributed by atoms with E-state index in [0.29, 0.717) is 5.75 Å². The summed E-state index contributed by atoms with van der Waals surface area (Å²) < 4.78 is 0.991. The first-order chi connectivity index (χ1) is 5.79.